The molecule has 0 unspecified atom stereocenters. The zero-order valence-corrected chi connectivity index (χ0v) is 12.9. The number of amides is 3. The third-order valence-corrected chi connectivity index (χ3v) is 3.78. The molecule has 8 heteroatoms. The van der Waals surface area contributed by atoms with Crippen molar-refractivity contribution in [1.29, 1.82) is 0 Å². The van der Waals surface area contributed by atoms with Crippen molar-refractivity contribution in [1.82, 2.24) is 5.32 Å². The number of halogens is 3. The van der Waals surface area contributed by atoms with Gasteiger partial charge in [0.2, 0.25) is 5.91 Å². The zero-order valence-electron chi connectivity index (χ0n) is 12.9. The van der Waals surface area contributed by atoms with Gasteiger partial charge in [0.25, 0.3) is 0 Å². The second-order valence-electron chi connectivity index (χ2n) is 5.60. The Bertz CT molecular complexity index is 811. The number of hydrogen-bond acceptors (Lipinski definition) is 2. The van der Waals surface area contributed by atoms with Gasteiger partial charge in [0.1, 0.15) is 17.5 Å². The van der Waals surface area contributed by atoms with Crippen LogP contribution in [0.4, 0.5) is 29.3 Å². The second-order valence-corrected chi connectivity index (χ2v) is 5.60. The van der Waals surface area contributed by atoms with Gasteiger partial charge in [0.05, 0.1) is 11.7 Å². The summed E-state index contributed by atoms with van der Waals surface area (Å²) in [6.07, 6.45) is 0.0520. The molecule has 1 heterocycles. The van der Waals surface area contributed by atoms with Crippen molar-refractivity contribution < 1.29 is 22.8 Å². The molecular weight excluding hydrogens is 335 g/mol. The van der Waals surface area contributed by atoms with Crippen molar-refractivity contribution in [2.75, 3.05) is 16.8 Å². The normalized spacial score (nSPS) is 16.8. The SMILES string of the molecule is O=C(Nc1cc(F)ccc1F)N[C@H]1CC(=O)N(c2ccc(F)cc2)C1. The van der Waals surface area contributed by atoms with Gasteiger partial charge >= 0.3 is 6.03 Å². The maximum atomic E-state index is 13.5. The number of nitrogens with zero attached hydrogens (tertiary/aromatic N) is 1. The van der Waals surface area contributed by atoms with Gasteiger partial charge in [-0.2, -0.15) is 0 Å². The van der Waals surface area contributed by atoms with E-state index in [1.165, 1.54) is 29.2 Å². The highest BCUT2D eigenvalue weighted by Gasteiger charge is 2.31. The van der Waals surface area contributed by atoms with Crippen LogP contribution in [0.25, 0.3) is 0 Å². The number of anilines is 2. The number of urea groups is 1. The van der Waals surface area contributed by atoms with Crippen LogP contribution in [0.1, 0.15) is 6.42 Å². The summed E-state index contributed by atoms with van der Waals surface area (Å²) in [6, 6.07) is 6.87. The van der Waals surface area contributed by atoms with E-state index in [0.29, 0.717) is 5.69 Å². The van der Waals surface area contributed by atoms with Gasteiger partial charge in [-0.25, -0.2) is 18.0 Å². The fourth-order valence-corrected chi connectivity index (χ4v) is 2.61. The third kappa shape index (κ3) is 3.90. The summed E-state index contributed by atoms with van der Waals surface area (Å²) < 4.78 is 39.6. The Hall–Kier alpha value is -3.03. The highest BCUT2D eigenvalue weighted by molar-refractivity contribution is 5.97. The minimum Gasteiger partial charge on any atom is -0.333 e. The van der Waals surface area contributed by atoms with E-state index in [1.807, 2.05) is 0 Å². The molecule has 25 heavy (non-hydrogen) atoms. The van der Waals surface area contributed by atoms with Gasteiger partial charge in [-0.05, 0) is 36.4 Å². The highest BCUT2D eigenvalue weighted by atomic mass is 19.1. The zero-order chi connectivity index (χ0) is 18.0. The quantitative estimate of drug-likeness (QED) is 0.895. The Morgan fingerprint density at radius 1 is 1.04 bits per heavy atom. The fourth-order valence-electron chi connectivity index (χ4n) is 2.61. The van der Waals surface area contributed by atoms with Gasteiger partial charge < -0.3 is 15.5 Å². The van der Waals surface area contributed by atoms with Crippen molar-refractivity contribution in [2.24, 2.45) is 0 Å². The lowest BCUT2D eigenvalue weighted by Gasteiger charge is -2.17. The van der Waals surface area contributed by atoms with Gasteiger partial charge in [-0.3, -0.25) is 4.79 Å². The molecule has 0 saturated carbocycles. The van der Waals surface area contributed by atoms with Gasteiger partial charge in [0.15, 0.2) is 0 Å². The lowest BCUT2D eigenvalue weighted by atomic mass is 10.2. The van der Waals surface area contributed by atoms with E-state index in [0.717, 1.165) is 18.2 Å². The summed E-state index contributed by atoms with van der Waals surface area (Å²) in [7, 11) is 0. The molecule has 2 aromatic carbocycles. The van der Waals surface area contributed by atoms with Crippen molar-refractivity contribution in [2.45, 2.75) is 12.5 Å². The van der Waals surface area contributed by atoms with Crippen molar-refractivity contribution in [3.05, 3.63) is 59.9 Å². The largest absolute Gasteiger partial charge is 0.333 e. The first kappa shape index (κ1) is 16.8. The van der Waals surface area contributed by atoms with E-state index in [2.05, 4.69) is 10.6 Å². The Labute approximate surface area is 141 Å². The Morgan fingerprint density at radius 3 is 2.44 bits per heavy atom. The highest BCUT2D eigenvalue weighted by Crippen LogP contribution is 2.22. The minimum absolute atomic E-state index is 0.0520. The summed E-state index contributed by atoms with van der Waals surface area (Å²) in [5, 5.41) is 4.75. The van der Waals surface area contributed by atoms with E-state index in [-0.39, 0.29) is 24.6 Å². The Morgan fingerprint density at radius 2 is 1.72 bits per heavy atom. The molecule has 1 saturated heterocycles. The van der Waals surface area contributed by atoms with E-state index in [1.54, 1.807) is 0 Å². The van der Waals surface area contributed by atoms with Gasteiger partial charge in [-0.1, -0.05) is 0 Å². The Kier molecular flexibility index (Phi) is 4.60. The van der Waals surface area contributed by atoms with E-state index >= 15 is 0 Å². The van der Waals surface area contributed by atoms with Crippen LogP contribution < -0.4 is 15.5 Å². The lowest BCUT2D eigenvalue weighted by Crippen LogP contribution is -2.39. The van der Waals surface area contributed by atoms with Crippen molar-refractivity contribution in [3.8, 4) is 0 Å². The first-order chi connectivity index (χ1) is 11.9. The van der Waals surface area contributed by atoms with Crippen LogP contribution in [0, 0.1) is 17.5 Å². The average Bonchev–Trinajstić information content (AvgIpc) is 2.92. The first-order valence-corrected chi connectivity index (χ1v) is 7.51. The topological polar surface area (TPSA) is 61.4 Å². The number of carbonyl (C=O) groups excluding carboxylic acids is 2. The molecule has 0 radical (unpaired) electrons. The van der Waals surface area contributed by atoms with Crippen LogP contribution in [0.15, 0.2) is 42.5 Å². The maximum Gasteiger partial charge on any atom is 0.319 e. The van der Waals surface area contributed by atoms with Crippen LogP contribution in [-0.4, -0.2) is 24.5 Å². The summed E-state index contributed by atoms with van der Waals surface area (Å²) in [5.41, 5.74) is 0.226. The van der Waals surface area contributed by atoms with Gasteiger partial charge in [-0.15, -0.1) is 0 Å². The lowest BCUT2D eigenvalue weighted by molar-refractivity contribution is -0.117. The fraction of sp³-hybridized carbons (Fsp3) is 0.176. The molecule has 130 valence electrons. The van der Waals surface area contributed by atoms with E-state index in [9.17, 15) is 22.8 Å². The van der Waals surface area contributed by atoms with Crippen molar-refractivity contribution in [3.63, 3.8) is 0 Å². The minimum atomic E-state index is -0.771. The number of hydrogen-bond donors (Lipinski definition) is 2. The molecule has 3 rings (SSSR count). The number of nitrogens with one attached hydrogen (secondary N) is 2. The van der Waals surface area contributed by atoms with E-state index < -0.39 is 29.5 Å². The predicted octanol–water partition coefficient (Wildman–Crippen LogP) is 3.03. The molecule has 1 aliphatic rings. The summed E-state index contributed by atoms with van der Waals surface area (Å²) in [4.78, 5) is 25.4. The maximum absolute atomic E-state index is 13.5. The van der Waals surface area contributed by atoms with Crippen LogP contribution >= 0.6 is 0 Å². The number of rotatable bonds is 3. The van der Waals surface area contributed by atoms with Crippen molar-refractivity contribution >= 4 is 23.3 Å². The molecule has 1 aliphatic heterocycles. The van der Waals surface area contributed by atoms with E-state index in [4.69, 9.17) is 0 Å². The molecule has 2 N–H and O–H groups in total. The summed E-state index contributed by atoms with van der Waals surface area (Å²) in [5.74, 6) is -2.10. The third-order valence-electron chi connectivity index (χ3n) is 3.78. The smallest absolute Gasteiger partial charge is 0.319 e. The summed E-state index contributed by atoms with van der Waals surface area (Å²) in [6.45, 7) is 0.198. The molecule has 1 fully saturated rings. The molecule has 2 aromatic rings. The second kappa shape index (κ2) is 6.84. The molecule has 3 amide bonds. The van der Waals surface area contributed by atoms with Crippen LogP contribution in [-0.2, 0) is 4.79 Å². The molecule has 0 aliphatic carbocycles. The molecule has 5 nitrogen and oxygen atoms in total. The van der Waals surface area contributed by atoms with Crippen LogP contribution in [0.3, 0.4) is 0 Å². The Balaban J connectivity index is 1.62. The monoisotopic (exact) mass is 349 g/mol. The average molecular weight is 349 g/mol. The molecule has 0 spiro atoms. The molecule has 0 aromatic heterocycles. The molecular formula is C17H14F3N3O2. The molecule has 1 atom stereocenters. The summed E-state index contributed by atoms with van der Waals surface area (Å²) >= 11 is 0. The standard InChI is InChI=1S/C17H14F3N3O2/c18-10-1-4-13(5-2-10)23-9-12(8-16(23)24)21-17(25)22-15-7-11(19)3-6-14(15)20/h1-7,12H,8-9H2,(H2,21,22,25)/t12-/m0/s1. The number of carbonyl (C=O) groups is 2. The van der Waals surface area contributed by atoms with Gasteiger partial charge in [0, 0.05) is 24.7 Å². The first-order valence-electron chi connectivity index (χ1n) is 7.51. The van der Waals surface area contributed by atoms with Crippen LogP contribution in [0.2, 0.25) is 0 Å². The molecule has 0 bridgehead atoms. The van der Waals surface area contributed by atoms with Crippen LogP contribution in [0.5, 0.6) is 0 Å². The predicted molar refractivity (Wildman–Crippen MR) is 85.7 cm³/mol. The number of benzene rings is 2.